The maximum atomic E-state index is 9.51. The molecule has 0 aromatic carbocycles. The Morgan fingerprint density at radius 2 is 2.00 bits per heavy atom. The molecule has 136 valence electrons. The second kappa shape index (κ2) is 8.45. The fourth-order valence-electron chi connectivity index (χ4n) is 4.41. The van der Waals surface area contributed by atoms with Crippen LogP contribution in [0, 0.1) is 12.8 Å². The number of nitrogens with zero attached hydrogens (tertiary/aromatic N) is 4. The smallest absolute Gasteiger partial charge is 0.0537 e. The van der Waals surface area contributed by atoms with Crippen molar-refractivity contribution in [2.45, 2.75) is 58.0 Å². The third kappa shape index (κ3) is 4.38. The van der Waals surface area contributed by atoms with Gasteiger partial charge in [0.1, 0.15) is 0 Å². The predicted molar refractivity (Wildman–Crippen MR) is 96.9 cm³/mol. The SMILES string of the molecule is Cc1c(CN2CCN(CC3CCCCC3)[C@@H](CCO)C2)cnn1C. The Hall–Kier alpha value is -0.910. The van der Waals surface area contributed by atoms with Crippen LogP contribution in [-0.2, 0) is 13.6 Å². The first-order chi connectivity index (χ1) is 11.7. The highest BCUT2D eigenvalue weighted by molar-refractivity contribution is 5.15. The van der Waals surface area contributed by atoms with Gasteiger partial charge >= 0.3 is 0 Å². The van der Waals surface area contributed by atoms with Crippen LogP contribution in [0.2, 0.25) is 0 Å². The lowest BCUT2D eigenvalue weighted by molar-refractivity contribution is 0.0399. The predicted octanol–water partition coefficient (Wildman–Crippen LogP) is 2.18. The molecule has 5 heteroatoms. The molecule has 1 aromatic rings. The van der Waals surface area contributed by atoms with Crippen molar-refractivity contribution in [3.8, 4) is 0 Å². The molecular weight excluding hydrogens is 300 g/mol. The molecule has 1 aliphatic heterocycles. The Balaban J connectivity index is 1.56. The molecule has 2 aliphatic rings. The Kier molecular flexibility index (Phi) is 6.31. The molecule has 2 heterocycles. The summed E-state index contributed by atoms with van der Waals surface area (Å²) < 4.78 is 1.96. The van der Waals surface area contributed by atoms with E-state index >= 15 is 0 Å². The molecule has 0 unspecified atom stereocenters. The zero-order valence-electron chi connectivity index (χ0n) is 15.5. The summed E-state index contributed by atoms with van der Waals surface area (Å²) in [6.45, 7) is 8.01. The summed E-state index contributed by atoms with van der Waals surface area (Å²) in [5.74, 6) is 0.882. The summed E-state index contributed by atoms with van der Waals surface area (Å²) in [5, 5.41) is 13.9. The molecule has 0 radical (unpaired) electrons. The van der Waals surface area contributed by atoms with Crippen LogP contribution in [0.1, 0.15) is 49.8 Å². The molecule has 0 spiro atoms. The topological polar surface area (TPSA) is 44.5 Å². The highest BCUT2D eigenvalue weighted by atomic mass is 16.3. The highest BCUT2D eigenvalue weighted by Crippen LogP contribution is 2.26. The minimum absolute atomic E-state index is 0.297. The van der Waals surface area contributed by atoms with Crippen molar-refractivity contribution in [1.82, 2.24) is 19.6 Å². The van der Waals surface area contributed by atoms with E-state index in [1.807, 2.05) is 17.9 Å². The van der Waals surface area contributed by atoms with E-state index in [9.17, 15) is 5.11 Å². The van der Waals surface area contributed by atoms with E-state index in [1.54, 1.807) is 0 Å². The van der Waals surface area contributed by atoms with Crippen molar-refractivity contribution in [1.29, 1.82) is 0 Å². The van der Waals surface area contributed by atoms with E-state index in [2.05, 4.69) is 21.8 Å². The molecule has 1 saturated carbocycles. The molecule has 1 atom stereocenters. The maximum Gasteiger partial charge on any atom is 0.0537 e. The summed E-state index contributed by atoms with van der Waals surface area (Å²) in [4.78, 5) is 5.21. The first-order valence-corrected chi connectivity index (χ1v) is 9.72. The summed E-state index contributed by atoms with van der Waals surface area (Å²) in [5.41, 5.74) is 2.60. The van der Waals surface area contributed by atoms with Crippen LogP contribution < -0.4 is 0 Å². The van der Waals surface area contributed by atoms with Gasteiger partial charge in [-0.05, 0) is 32.1 Å². The van der Waals surface area contributed by atoms with Crippen molar-refractivity contribution in [2.75, 3.05) is 32.8 Å². The highest BCUT2D eigenvalue weighted by Gasteiger charge is 2.29. The molecule has 5 nitrogen and oxygen atoms in total. The zero-order valence-corrected chi connectivity index (χ0v) is 15.5. The summed E-state index contributed by atoms with van der Waals surface area (Å²) in [7, 11) is 2.01. The second-order valence-corrected chi connectivity index (χ2v) is 7.78. The van der Waals surface area contributed by atoms with Crippen molar-refractivity contribution in [3.05, 3.63) is 17.5 Å². The summed E-state index contributed by atoms with van der Waals surface area (Å²) in [6, 6.07) is 0.502. The monoisotopic (exact) mass is 334 g/mol. The van der Waals surface area contributed by atoms with Gasteiger partial charge in [0.25, 0.3) is 0 Å². The lowest BCUT2D eigenvalue weighted by atomic mass is 9.88. The van der Waals surface area contributed by atoms with Gasteiger partial charge in [-0.15, -0.1) is 0 Å². The molecule has 0 amide bonds. The van der Waals surface area contributed by atoms with Gasteiger partial charge in [0, 0.05) is 63.7 Å². The van der Waals surface area contributed by atoms with Crippen LogP contribution in [-0.4, -0.2) is 63.5 Å². The van der Waals surface area contributed by atoms with Crippen molar-refractivity contribution >= 4 is 0 Å². The van der Waals surface area contributed by atoms with Gasteiger partial charge in [-0.3, -0.25) is 14.5 Å². The average molecular weight is 335 g/mol. The number of aryl methyl sites for hydroxylation is 1. The Labute approximate surface area is 146 Å². The van der Waals surface area contributed by atoms with Crippen LogP contribution in [0.3, 0.4) is 0 Å². The minimum atomic E-state index is 0.297. The normalized spacial score (nSPS) is 24.5. The van der Waals surface area contributed by atoms with E-state index in [1.165, 1.54) is 49.9 Å². The molecule has 3 rings (SSSR count). The van der Waals surface area contributed by atoms with Crippen LogP contribution in [0.15, 0.2) is 6.20 Å². The molecule has 2 fully saturated rings. The third-order valence-corrected chi connectivity index (χ3v) is 6.10. The van der Waals surface area contributed by atoms with Gasteiger partial charge in [-0.25, -0.2) is 0 Å². The average Bonchev–Trinajstić information content (AvgIpc) is 2.90. The van der Waals surface area contributed by atoms with Gasteiger partial charge in [0.15, 0.2) is 0 Å². The first-order valence-electron chi connectivity index (χ1n) is 9.72. The third-order valence-electron chi connectivity index (χ3n) is 6.10. The van der Waals surface area contributed by atoms with Gasteiger partial charge in [-0.2, -0.15) is 5.10 Å². The lowest BCUT2D eigenvalue weighted by Gasteiger charge is -2.43. The number of piperazine rings is 1. The molecule has 1 N–H and O–H groups in total. The Bertz CT molecular complexity index is 509. The Morgan fingerprint density at radius 1 is 1.21 bits per heavy atom. The number of hydrogen-bond acceptors (Lipinski definition) is 4. The molecule has 24 heavy (non-hydrogen) atoms. The van der Waals surface area contributed by atoms with Crippen LogP contribution in [0.25, 0.3) is 0 Å². The van der Waals surface area contributed by atoms with Crippen LogP contribution in [0.4, 0.5) is 0 Å². The van der Waals surface area contributed by atoms with E-state index in [0.717, 1.165) is 38.5 Å². The van der Waals surface area contributed by atoms with E-state index < -0.39 is 0 Å². The van der Waals surface area contributed by atoms with E-state index in [-0.39, 0.29) is 0 Å². The number of aliphatic hydroxyl groups is 1. The van der Waals surface area contributed by atoms with Gasteiger partial charge < -0.3 is 5.11 Å². The van der Waals surface area contributed by atoms with Gasteiger partial charge in [-0.1, -0.05) is 19.3 Å². The van der Waals surface area contributed by atoms with Gasteiger partial charge in [0.05, 0.1) is 6.20 Å². The molecule has 1 saturated heterocycles. The fraction of sp³-hybridized carbons (Fsp3) is 0.842. The van der Waals surface area contributed by atoms with Gasteiger partial charge in [0.2, 0.25) is 0 Å². The van der Waals surface area contributed by atoms with Crippen LogP contribution in [0.5, 0.6) is 0 Å². The van der Waals surface area contributed by atoms with Crippen molar-refractivity contribution in [2.24, 2.45) is 13.0 Å². The van der Waals surface area contributed by atoms with Crippen LogP contribution >= 0.6 is 0 Å². The largest absolute Gasteiger partial charge is 0.396 e. The zero-order chi connectivity index (χ0) is 16.9. The van der Waals surface area contributed by atoms with E-state index in [4.69, 9.17) is 0 Å². The lowest BCUT2D eigenvalue weighted by Crippen LogP contribution is -2.54. The standard InChI is InChI=1S/C19H34N4O/c1-16-18(12-20-21(16)2)14-22-9-10-23(19(15-22)8-11-24)13-17-6-4-3-5-7-17/h12,17,19,24H,3-11,13-15H2,1-2H3/t19-/m0/s1. The number of aliphatic hydroxyl groups excluding tert-OH is 1. The number of hydrogen-bond donors (Lipinski definition) is 1. The second-order valence-electron chi connectivity index (χ2n) is 7.78. The van der Waals surface area contributed by atoms with E-state index in [0.29, 0.717) is 12.6 Å². The number of rotatable bonds is 6. The Morgan fingerprint density at radius 3 is 2.67 bits per heavy atom. The minimum Gasteiger partial charge on any atom is -0.396 e. The summed E-state index contributed by atoms with van der Waals surface area (Å²) >= 11 is 0. The number of aromatic nitrogens is 2. The van der Waals surface area contributed by atoms with Crippen molar-refractivity contribution < 1.29 is 5.11 Å². The maximum absolute atomic E-state index is 9.51. The molecule has 1 aliphatic carbocycles. The molecular formula is C19H34N4O. The quantitative estimate of drug-likeness (QED) is 0.866. The first kappa shape index (κ1) is 17.9. The molecule has 0 bridgehead atoms. The fourth-order valence-corrected chi connectivity index (χ4v) is 4.41. The summed E-state index contributed by atoms with van der Waals surface area (Å²) in [6.07, 6.45) is 9.96. The molecule has 1 aromatic heterocycles. The van der Waals surface area contributed by atoms with Crippen molar-refractivity contribution in [3.63, 3.8) is 0 Å².